The van der Waals surface area contributed by atoms with Crippen LogP contribution in [0.2, 0.25) is 0 Å². The molecule has 0 unspecified atom stereocenters. The Hall–Kier alpha value is -5.39. The zero-order valence-electron chi connectivity index (χ0n) is 23.6. The third-order valence-electron chi connectivity index (χ3n) is 6.82. The van der Waals surface area contributed by atoms with Crippen LogP contribution in [0.4, 0.5) is 4.39 Å². The second-order valence-corrected chi connectivity index (χ2v) is 9.88. The third-order valence-corrected chi connectivity index (χ3v) is 6.82. The SMILES string of the molecule is O=C(OC[C@H]1O[C@@H](OC(=O)c2ccccc2)[C@H](OC(=O)c2ccccc2)[C@@H](OC(=O)c2ccccc2)[C@@]1(O)F)c1ccccc1. The van der Waals surface area contributed by atoms with E-state index >= 15 is 4.39 Å². The number of rotatable bonds is 9. The van der Waals surface area contributed by atoms with Crippen LogP contribution in [0, 0.1) is 0 Å². The van der Waals surface area contributed by atoms with E-state index in [0.29, 0.717) is 0 Å². The monoisotopic (exact) mass is 614 g/mol. The normalized spacial score (nSPS) is 22.4. The molecule has 10 nitrogen and oxygen atoms in total. The van der Waals surface area contributed by atoms with E-state index in [0.717, 1.165) is 0 Å². The van der Waals surface area contributed by atoms with Crippen molar-refractivity contribution in [1.29, 1.82) is 0 Å². The maximum Gasteiger partial charge on any atom is 0.340 e. The number of carbonyl (C=O) groups is 4. The predicted octanol–water partition coefficient (Wildman–Crippen LogP) is 4.53. The van der Waals surface area contributed by atoms with Crippen molar-refractivity contribution in [2.75, 3.05) is 6.61 Å². The molecule has 1 heterocycles. The number of carbonyl (C=O) groups excluding carboxylic acids is 4. The van der Waals surface area contributed by atoms with Crippen LogP contribution in [0.25, 0.3) is 0 Å². The highest BCUT2D eigenvalue weighted by atomic mass is 19.2. The Bertz CT molecular complexity index is 1610. The van der Waals surface area contributed by atoms with Gasteiger partial charge in [-0.1, -0.05) is 72.8 Å². The average Bonchev–Trinajstić information content (AvgIpc) is 3.08. The van der Waals surface area contributed by atoms with E-state index in [1.54, 1.807) is 60.7 Å². The lowest BCUT2D eigenvalue weighted by Gasteiger charge is -2.45. The van der Waals surface area contributed by atoms with Crippen LogP contribution in [0.15, 0.2) is 121 Å². The topological polar surface area (TPSA) is 135 Å². The Morgan fingerprint density at radius 2 is 0.978 bits per heavy atom. The highest BCUT2D eigenvalue weighted by Crippen LogP contribution is 2.37. The van der Waals surface area contributed by atoms with E-state index in [-0.39, 0.29) is 22.3 Å². The molecule has 1 fully saturated rings. The van der Waals surface area contributed by atoms with Crippen LogP contribution in [0.5, 0.6) is 0 Å². The molecule has 0 bridgehead atoms. The first-order valence-electron chi connectivity index (χ1n) is 13.8. The highest BCUT2D eigenvalue weighted by molar-refractivity contribution is 5.91. The summed E-state index contributed by atoms with van der Waals surface area (Å²) in [6, 6.07) is 30.5. The summed E-state index contributed by atoms with van der Waals surface area (Å²) in [6.45, 7) is -0.904. The fraction of sp³-hybridized carbons (Fsp3) is 0.176. The van der Waals surface area contributed by atoms with Crippen molar-refractivity contribution in [1.82, 2.24) is 0 Å². The number of esters is 4. The minimum atomic E-state index is -3.63. The van der Waals surface area contributed by atoms with E-state index in [1.165, 1.54) is 60.7 Å². The Labute approximate surface area is 256 Å². The van der Waals surface area contributed by atoms with Crippen molar-refractivity contribution < 1.29 is 52.4 Å². The first-order valence-corrected chi connectivity index (χ1v) is 13.8. The average molecular weight is 615 g/mol. The molecule has 0 saturated carbocycles. The van der Waals surface area contributed by atoms with E-state index in [4.69, 9.17) is 23.7 Å². The molecule has 0 spiro atoms. The van der Waals surface area contributed by atoms with Crippen LogP contribution in [0.3, 0.4) is 0 Å². The van der Waals surface area contributed by atoms with E-state index < -0.39 is 60.9 Å². The molecule has 5 atom stereocenters. The van der Waals surface area contributed by atoms with Gasteiger partial charge in [0, 0.05) is 0 Å². The van der Waals surface area contributed by atoms with E-state index in [1.807, 2.05) is 0 Å². The van der Waals surface area contributed by atoms with Crippen LogP contribution >= 0.6 is 0 Å². The molecule has 0 amide bonds. The van der Waals surface area contributed by atoms with Gasteiger partial charge in [-0.15, -0.1) is 0 Å². The van der Waals surface area contributed by atoms with Crippen molar-refractivity contribution in [2.24, 2.45) is 0 Å². The highest BCUT2D eigenvalue weighted by Gasteiger charge is 2.62. The van der Waals surface area contributed by atoms with Gasteiger partial charge in [0.1, 0.15) is 6.61 Å². The molecular formula is C34H27FO10. The molecule has 1 N–H and O–H groups in total. The molecular weight excluding hydrogens is 587 g/mol. The fourth-order valence-corrected chi connectivity index (χ4v) is 4.49. The smallest absolute Gasteiger partial charge is 0.340 e. The molecule has 0 aliphatic carbocycles. The van der Waals surface area contributed by atoms with Gasteiger partial charge in [0.05, 0.1) is 22.3 Å². The predicted molar refractivity (Wildman–Crippen MR) is 155 cm³/mol. The summed E-state index contributed by atoms with van der Waals surface area (Å²) in [5, 5.41) is 11.2. The molecule has 1 aliphatic heterocycles. The Balaban J connectivity index is 1.50. The molecule has 4 aromatic carbocycles. The molecule has 5 rings (SSSR count). The first kappa shape index (κ1) is 31.0. The van der Waals surface area contributed by atoms with Gasteiger partial charge in [-0.3, -0.25) is 0 Å². The zero-order chi connectivity index (χ0) is 31.8. The Morgan fingerprint density at radius 3 is 1.42 bits per heavy atom. The standard InChI is InChI=1S/C34H27FO10/c35-34(40)26(21-41-29(36)22-13-5-1-6-14-22)42-33(45-32(39)25-19-11-4-12-20-25)27(43-30(37)23-15-7-2-8-16-23)28(34)44-31(38)24-17-9-3-10-18-24/h1-20,26-28,33,40H,21H2/t26-,27-,28-,33+,34-/m1/s1. The van der Waals surface area contributed by atoms with Gasteiger partial charge >= 0.3 is 23.9 Å². The molecule has 230 valence electrons. The van der Waals surface area contributed by atoms with Crippen LogP contribution in [-0.2, 0) is 23.7 Å². The largest absolute Gasteiger partial charge is 0.459 e. The van der Waals surface area contributed by atoms with Gasteiger partial charge in [-0.05, 0) is 48.5 Å². The molecule has 1 aliphatic rings. The van der Waals surface area contributed by atoms with Gasteiger partial charge in [-0.2, -0.15) is 0 Å². The summed E-state index contributed by atoms with van der Waals surface area (Å²) >= 11 is 0. The lowest BCUT2D eigenvalue weighted by Crippen LogP contribution is -2.67. The number of ether oxygens (including phenoxy) is 5. The fourth-order valence-electron chi connectivity index (χ4n) is 4.49. The number of aliphatic hydroxyl groups is 1. The quantitative estimate of drug-likeness (QED) is 0.212. The summed E-state index contributed by atoms with van der Waals surface area (Å²) < 4.78 is 43.8. The lowest BCUT2D eigenvalue weighted by molar-refractivity contribution is -0.352. The number of alkyl halides is 1. The van der Waals surface area contributed by atoms with Crippen molar-refractivity contribution in [3.05, 3.63) is 144 Å². The maximum atomic E-state index is 16.5. The summed E-state index contributed by atoms with van der Waals surface area (Å²) in [7, 11) is 0. The van der Waals surface area contributed by atoms with Crippen molar-refractivity contribution >= 4 is 23.9 Å². The summed E-state index contributed by atoms with van der Waals surface area (Å²) in [6.07, 6.45) is -8.34. The third kappa shape index (κ3) is 7.40. The molecule has 4 aromatic rings. The molecule has 1 saturated heterocycles. The van der Waals surface area contributed by atoms with Gasteiger partial charge in [0.25, 0.3) is 5.85 Å². The van der Waals surface area contributed by atoms with Crippen LogP contribution < -0.4 is 0 Å². The second kappa shape index (κ2) is 13.9. The van der Waals surface area contributed by atoms with E-state index in [2.05, 4.69) is 0 Å². The number of benzene rings is 4. The van der Waals surface area contributed by atoms with Crippen LogP contribution in [-0.4, -0.2) is 66.0 Å². The Kier molecular flexibility index (Phi) is 9.61. The van der Waals surface area contributed by atoms with Gasteiger partial charge in [0.15, 0.2) is 6.10 Å². The van der Waals surface area contributed by atoms with Gasteiger partial charge in [0.2, 0.25) is 18.5 Å². The Morgan fingerprint density at radius 1 is 0.600 bits per heavy atom. The zero-order valence-corrected chi connectivity index (χ0v) is 23.6. The lowest BCUT2D eigenvalue weighted by atomic mass is 9.95. The number of hydrogen-bond acceptors (Lipinski definition) is 10. The minimum Gasteiger partial charge on any atom is -0.459 e. The van der Waals surface area contributed by atoms with E-state index in [9.17, 15) is 24.3 Å². The summed E-state index contributed by atoms with van der Waals surface area (Å²) in [5.74, 6) is -7.57. The van der Waals surface area contributed by atoms with Gasteiger partial charge < -0.3 is 28.8 Å². The maximum absolute atomic E-state index is 16.5. The molecule has 11 heteroatoms. The number of halogens is 1. The molecule has 45 heavy (non-hydrogen) atoms. The summed E-state index contributed by atoms with van der Waals surface area (Å²) in [5.41, 5.74) is 0.211. The van der Waals surface area contributed by atoms with Crippen molar-refractivity contribution in [3.8, 4) is 0 Å². The summed E-state index contributed by atoms with van der Waals surface area (Å²) in [4.78, 5) is 52.0. The van der Waals surface area contributed by atoms with Gasteiger partial charge in [-0.25, -0.2) is 23.6 Å². The van der Waals surface area contributed by atoms with Crippen molar-refractivity contribution in [3.63, 3.8) is 0 Å². The first-order chi connectivity index (χ1) is 21.7. The van der Waals surface area contributed by atoms with Crippen LogP contribution in [0.1, 0.15) is 41.4 Å². The van der Waals surface area contributed by atoms with Crippen molar-refractivity contribution in [2.45, 2.75) is 30.5 Å². The second-order valence-electron chi connectivity index (χ2n) is 9.88. The molecule has 0 aromatic heterocycles. The number of hydrogen-bond donors (Lipinski definition) is 1. The minimum absolute atomic E-state index is 0.0159. The molecule has 0 radical (unpaired) electrons.